The molecule has 12 aromatic rings. The van der Waals surface area contributed by atoms with E-state index in [0.717, 1.165) is 44.4 Å². The van der Waals surface area contributed by atoms with E-state index in [1.807, 2.05) is 0 Å². The Labute approximate surface area is 347 Å². The zero-order chi connectivity index (χ0) is 39.6. The van der Waals surface area contributed by atoms with Gasteiger partial charge in [0.2, 0.25) is 0 Å². The Balaban J connectivity index is 1.15. The van der Waals surface area contributed by atoms with E-state index in [0.29, 0.717) is 0 Å². The van der Waals surface area contributed by atoms with E-state index < -0.39 is 0 Å². The van der Waals surface area contributed by atoms with Crippen LogP contribution in [0, 0.1) is 0 Å². The highest BCUT2D eigenvalue weighted by molar-refractivity contribution is 6.22. The topological polar surface area (TPSA) is 16.4 Å². The van der Waals surface area contributed by atoms with E-state index >= 15 is 0 Å². The van der Waals surface area contributed by atoms with Gasteiger partial charge in [-0.05, 0) is 120 Å². The van der Waals surface area contributed by atoms with Gasteiger partial charge in [0.1, 0.15) is 11.2 Å². The number of anilines is 3. The average molecular weight is 764 g/mol. The molecule has 0 N–H and O–H groups in total. The van der Waals surface area contributed by atoms with Crippen LogP contribution in [-0.2, 0) is 0 Å². The van der Waals surface area contributed by atoms with E-state index in [1.54, 1.807) is 0 Å². The first-order valence-corrected chi connectivity index (χ1v) is 20.6. The van der Waals surface area contributed by atoms with Gasteiger partial charge in [-0.3, -0.25) is 0 Å². The van der Waals surface area contributed by atoms with Crippen LogP contribution in [0.5, 0.6) is 0 Å². The van der Waals surface area contributed by atoms with Crippen molar-refractivity contribution in [3.05, 3.63) is 224 Å². The van der Waals surface area contributed by atoms with Crippen LogP contribution in [0.4, 0.5) is 17.1 Å². The molecule has 11 aromatic carbocycles. The molecule has 2 nitrogen and oxygen atoms in total. The summed E-state index contributed by atoms with van der Waals surface area (Å²) in [5.74, 6) is 0. The number of rotatable bonds is 6. The fourth-order valence-corrected chi connectivity index (χ4v) is 9.50. The number of hydrogen-bond donors (Lipinski definition) is 0. The van der Waals surface area contributed by atoms with E-state index in [1.165, 1.54) is 71.1 Å². The standard InChI is InChI=1S/C58H37NO/c1-3-17-40(18-4-1)56-51-27-12-11-26-49(51)50-33-30-44(37-54(50)57(56)41-19-5-2-6-20-41)59(43-23-13-22-42(35-43)47-28-14-21-38-15-7-9-24-46(38)47)45-31-34-55-53(36-45)52-32-29-39-16-8-10-25-48(39)58(52)60-55/h1-37H. The molecular formula is C58H37NO. The molecule has 0 aliphatic heterocycles. The van der Waals surface area contributed by atoms with Crippen LogP contribution in [0.2, 0.25) is 0 Å². The van der Waals surface area contributed by atoms with Crippen LogP contribution >= 0.6 is 0 Å². The molecule has 0 saturated heterocycles. The lowest BCUT2D eigenvalue weighted by Crippen LogP contribution is -2.10. The van der Waals surface area contributed by atoms with Crippen LogP contribution in [0.25, 0.3) is 98.4 Å². The second-order valence-electron chi connectivity index (χ2n) is 15.6. The van der Waals surface area contributed by atoms with Crippen molar-refractivity contribution < 1.29 is 4.42 Å². The summed E-state index contributed by atoms with van der Waals surface area (Å²) in [6.07, 6.45) is 0. The maximum Gasteiger partial charge on any atom is 0.143 e. The monoisotopic (exact) mass is 763 g/mol. The summed E-state index contributed by atoms with van der Waals surface area (Å²) in [5.41, 5.74) is 12.2. The third-order valence-corrected chi connectivity index (χ3v) is 12.2. The Bertz CT molecular complexity index is 3600. The van der Waals surface area contributed by atoms with Gasteiger partial charge in [-0.15, -0.1) is 0 Å². The highest BCUT2D eigenvalue weighted by Crippen LogP contribution is 2.48. The van der Waals surface area contributed by atoms with Gasteiger partial charge in [-0.2, -0.15) is 0 Å². The van der Waals surface area contributed by atoms with Gasteiger partial charge in [-0.1, -0.05) is 176 Å². The zero-order valence-electron chi connectivity index (χ0n) is 32.7. The SMILES string of the molecule is c1ccc(-c2c(-c3ccccc3)c3cc(N(c4cccc(-c5cccc6ccccc56)c4)c4ccc5oc6c7ccccc7ccc6c5c4)ccc3c3ccccc23)cc1. The summed E-state index contributed by atoms with van der Waals surface area (Å²) in [6.45, 7) is 0. The average Bonchev–Trinajstić information content (AvgIpc) is 3.70. The molecular weight excluding hydrogens is 727 g/mol. The fraction of sp³-hybridized carbons (Fsp3) is 0. The minimum absolute atomic E-state index is 0.874. The summed E-state index contributed by atoms with van der Waals surface area (Å²) in [5, 5.41) is 11.9. The van der Waals surface area contributed by atoms with Gasteiger partial charge >= 0.3 is 0 Å². The van der Waals surface area contributed by atoms with Crippen molar-refractivity contribution in [3.63, 3.8) is 0 Å². The van der Waals surface area contributed by atoms with Crippen LogP contribution in [0.3, 0.4) is 0 Å². The molecule has 0 spiro atoms. The molecule has 12 rings (SSSR count). The summed E-state index contributed by atoms with van der Waals surface area (Å²) >= 11 is 0. The fourth-order valence-electron chi connectivity index (χ4n) is 9.50. The minimum Gasteiger partial charge on any atom is -0.455 e. The highest BCUT2D eigenvalue weighted by atomic mass is 16.3. The van der Waals surface area contributed by atoms with Crippen LogP contribution in [0.15, 0.2) is 229 Å². The lowest BCUT2D eigenvalue weighted by molar-refractivity contribution is 0.672. The first kappa shape index (κ1) is 34.1. The number of hydrogen-bond acceptors (Lipinski definition) is 2. The second kappa shape index (κ2) is 13.9. The Hall–Kier alpha value is -7.94. The molecule has 60 heavy (non-hydrogen) atoms. The first-order chi connectivity index (χ1) is 29.8. The summed E-state index contributed by atoms with van der Waals surface area (Å²) in [4.78, 5) is 2.42. The lowest BCUT2D eigenvalue weighted by Gasteiger charge is -2.27. The summed E-state index contributed by atoms with van der Waals surface area (Å²) in [6, 6.07) is 81.4. The van der Waals surface area contributed by atoms with E-state index in [2.05, 4.69) is 229 Å². The van der Waals surface area contributed by atoms with Crippen LogP contribution < -0.4 is 4.90 Å². The number of furan rings is 1. The minimum atomic E-state index is 0.874. The first-order valence-electron chi connectivity index (χ1n) is 20.6. The van der Waals surface area contributed by atoms with Gasteiger partial charge in [-0.25, -0.2) is 0 Å². The zero-order valence-corrected chi connectivity index (χ0v) is 32.7. The molecule has 0 radical (unpaired) electrons. The predicted octanol–water partition coefficient (Wildman–Crippen LogP) is 16.7. The number of nitrogens with zero attached hydrogens (tertiary/aromatic N) is 1. The van der Waals surface area contributed by atoms with Crippen molar-refractivity contribution in [2.24, 2.45) is 0 Å². The smallest absolute Gasteiger partial charge is 0.143 e. The largest absolute Gasteiger partial charge is 0.455 e. The Morgan fingerprint density at radius 2 is 0.800 bits per heavy atom. The summed E-state index contributed by atoms with van der Waals surface area (Å²) < 4.78 is 6.63. The summed E-state index contributed by atoms with van der Waals surface area (Å²) in [7, 11) is 0. The molecule has 280 valence electrons. The molecule has 0 aliphatic carbocycles. The van der Waals surface area contributed by atoms with Crippen molar-refractivity contribution in [1.29, 1.82) is 0 Å². The lowest BCUT2D eigenvalue weighted by atomic mass is 9.85. The predicted molar refractivity (Wildman–Crippen MR) is 255 cm³/mol. The van der Waals surface area contributed by atoms with Gasteiger partial charge in [0.15, 0.2) is 0 Å². The van der Waals surface area contributed by atoms with E-state index in [-0.39, 0.29) is 0 Å². The van der Waals surface area contributed by atoms with Crippen molar-refractivity contribution in [3.8, 4) is 33.4 Å². The molecule has 0 aliphatic rings. The van der Waals surface area contributed by atoms with Gasteiger partial charge in [0.05, 0.1) is 0 Å². The molecule has 0 atom stereocenters. The molecule has 0 bridgehead atoms. The van der Waals surface area contributed by atoms with Crippen molar-refractivity contribution in [1.82, 2.24) is 0 Å². The molecule has 0 saturated carbocycles. The second-order valence-corrected chi connectivity index (χ2v) is 15.6. The molecule has 1 aromatic heterocycles. The van der Waals surface area contributed by atoms with Crippen LogP contribution in [0.1, 0.15) is 0 Å². The Morgan fingerprint density at radius 1 is 0.283 bits per heavy atom. The third kappa shape index (κ3) is 5.50. The molecule has 0 fully saturated rings. The number of fused-ring (bicyclic) bond motifs is 9. The van der Waals surface area contributed by atoms with Crippen molar-refractivity contribution in [2.75, 3.05) is 4.90 Å². The Kier molecular flexibility index (Phi) is 7.89. The number of benzene rings is 11. The quantitative estimate of drug-likeness (QED) is 0.157. The Morgan fingerprint density at radius 3 is 1.57 bits per heavy atom. The maximum atomic E-state index is 6.63. The van der Waals surface area contributed by atoms with Gasteiger partial charge in [0.25, 0.3) is 0 Å². The van der Waals surface area contributed by atoms with Crippen LogP contribution in [-0.4, -0.2) is 0 Å². The van der Waals surface area contributed by atoms with Crippen molar-refractivity contribution >= 4 is 82.1 Å². The van der Waals surface area contributed by atoms with E-state index in [9.17, 15) is 0 Å². The highest BCUT2D eigenvalue weighted by Gasteiger charge is 2.22. The third-order valence-electron chi connectivity index (χ3n) is 12.2. The van der Waals surface area contributed by atoms with E-state index in [4.69, 9.17) is 4.42 Å². The normalized spacial score (nSPS) is 11.7. The molecule has 0 unspecified atom stereocenters. The maximum absolute atomic E-state index is 6.63. The van der Waals surface area contributed by atoms with Gasteiger partial charge < -0.3 is 9.32 Å². The van der Waals surface area contributed by atoms with Gasteiger partial charge in [0, 0.05) is 33.2 Å². The molecule has 1 heterocycles. The molecule has 0 amide bonds. The van der Waals surface area contributed by atoms with Crippen molar-refractivity contribution in [2.45, 2.75) is 0 Å². The molecule has 2 heteroatoms.